The predicted molar refractivity (Wildman–Crippen MR) is 73.9 cm³/mol. The number of carbonyl (C=O) groups is 1. The number of hydrogen-bond donors (Lipinski definition) is 0. The standard InChI is InChI=1S/C13H18OSeSi/c1-5-12(13(14)16(2,3)4)15-11-9-7-6-8-10-11/h5-10H,1-4H3. The van der Waals surface area contributed by atoms with E-state index < -0.39 is 8.07 Å². The molecule has 0 aliphatic rings. The van der Waals surface area contributed by atoms with E-state index in [4.69, 9.17) is 0 Å². The van der Waals surface area contributed by atoms with Gasteiger partial charge >= 0.3 is 105 Å². The summed E-state index contributed by atoms with van der Waals surface area (Å²) in [5.74, 6) is 0. The summed E-state index contributed by atoms with van der Waals surface area (Å²) < 4.78 is 2.30. The Hall–Kier alpha value is -0.634. The van der Waals surface area contributed by atoms with Crippen LogP contribution in [0.25, 0.3) is 0 Å². The third kappa shape index (κ3) is 3.74. The van der Waals surface area contributed by atoms with E-state index in [0.717, 1.165) is 4.47 Å². The molecular weight excluding hydrogens is 279 g/mol. The molecular formula is C13H18OSeSi. The molecule has 3 heteroatoms. The SMILES string of the molecule is CC=C([Se]c1ccccc1)C(=O)[Si](C)(C)C. The summed E-state index contributed by atoms with van der Waals surface area (Å²) in [6.45, 7) is 8.30. The minimum absolute atomic E-state index is 0.160. The molecule has 1 aromatic carbocycles. The van der Waals surface area contributed by atoms with Crippen molar-refractivity contribution < 1.29 is 4.79 Å². The van der Waals surface area contributed by atoms with Crippen LogP contribution in [0.4, 0.5) is 0 Å². The molecule has 0 bridgehead atoms. The molecule has 0 aliphatic carbocycles. The van der Waals surface area contributed by atoms with Gasteiger partial charge in [0, 0.05) is 0 Å². The van der Waals surface area contributed by atoms with Crippen LogP contribution in [0, 0.1) is 0 Å². The van der Waals surface area contributed by atoms with Crippen LogP contribution >= 0.6 is 0 Å². The Bertz CT molecular complexity index is 390. The van der Waals surface area contributed by atoms with Crippen LogP contribution in [-0.2, 0) is 4.79 Å². The van der Waals surface area contributed by atoms with E-state index in [9.17, 15) is 4.79 Å². The zero-order valence-electron chi connectivity index (χ0n) is 10.3. The summed E-state index contributed by atoms with van der Waals surface area (Å²) in [6, 6.07) is 10.3. The van der Waals surface area contributed by atoms with Crippen molar-refractivity contribution in [2.24, 2.45) is 0 Å². The van der Waals surface area contributed by atoms with Gasteiger partial charge in [0.1, 0.15) is 0 Å². The van der Waals surface area contributed by atoms with E-state index in [-0.39, 0.29) is 15.0 Å². The number of rotatable bonds is 4. The van der Waals surface area contributed by atoms with Gasteiger partial charge < -0.3 is 0 Å². The molecule has 0 aliphatic heterocycles. The van der Waals surface area contributed by atoms with E-state index in [1.807, 2.05) is 31.2 Å². The molecule has 0 amide bonds. The third-order valence-electron chi connectivity index (χ3n) is 2.14. The summed E-state index contributed by atoms with van der Waals surface area (Å²) in [5.41, 5.74) is 0. The van der Waals surface area contributed by atoms with E-state index in [0.29, 0.717) is 5.41 Å². The molecule has 0 spiro atoms. The molecule has 0 aromatic heterocycles. The number of carbonyl (C=O) groups excluding carboxylic acids is 1. The molecule has 16 heavy (non-hydrogen) atoms. The van der Waals surface area contributed by atoms with Crippen LogP contribution < -0.4 is 4.46 Å². The first-order valence-corrected chi connectivity index (χ1v) is 10.6. The maximum absolute atomic E-state index is 12.2. The van der Waals surface area contributed by atoms with Gasteiger partial charge in [0.15, 0.2) is 0 Å². The van der Waals surface area contributed by atoms with Crippen molar-refractivity contribution in [2.45, 2.75) is 26.6 Å². The van der Waals surface area contributed by atoms with Crippen LogP contribution in [0.1, 0.15) is 6.92 Å². The maximum atomic E-state index is 12.2. The van der Waals surface area contributed by atoms with Gasteiger partial charge in [0.2, 0.25) is 0 Å². The second-order valence-electron chi connectivity index (χ2n) is 4.65. The molecule has 86 valence electrons. The topological polar surface area (TPSA) is 17.1 Å². The second-order valence-corrected chi connectivity index (χ2v) is 11.9. The van der Waals surface area contributed by atoms with Crippen LogP contribution in [0.2, 0.25) is 19.6 Å². The third-order valence-corrected chi connectivity index (χ3v) is 6.59. The van der Waals surface area contributed by atoms with Crippen LogP contribution in [0.3, 0.4) is 0 Å². The van der Waals surface area contributed by atoms with Gasteiger partial charge in [-0.25, -0.2) is 0 Å². The fraction of sp³-hybridized carbons (Fsp3) is 0.308. The first-order chi connectivity index (χ1) is 7.45. The molecule has 0 N–H and O–H groups in total. The van der Waals surface area contributed by atoms with Gasteiger partial charge in [-0.1, -0.05) is 0 Å². The normalized spacial score (nSPS) is 12.6. The average Bonchev–Trinajstić information content (AvgIpc) is 2.25. The fourth-order valence-corrected chi connectivity index (χ4v) is 5.89. The van der Waals surface area contributed by atoms with Crippen molar-refractivity contribution in [1.82, 2.24) is 0 Å². The van der Waals surface area contributed by atoms with E-state index in [1.165, 1.54) is 4.46 Å². The Morgan fingerprint density at radius 1 is 1.19 bits per heavy atom. The van der Waals surface area contributed by atoms with Crippen LogP contribution in [0.15, 0.2) is 40.9 Å². The van der Waals surface area contributed by atoms with Crippen LogP contribution in [0.5, 0.6) is 0 Å². The van der Waals surface area contributed by atoms with Gasteiger partial charge in [0.25, 0.3) is 0 Å². The molecule has 0 radical (unpaired) electrons. The zero-order chi connectivity index (χ0) is 12.2. The Balaban J connectivity index is 2.83. The first-order valence-electron chi connectivity index (χ1n) is 5.39. The van der Waals surface area contributed by atoms with Crippen molar-refractivity contribution in [3.63, 3.8) is 0 Å². The van der Waals surface area contributed by atoms with Crippen molar-refractivity contribution in [1.29, 1.82) is 0 Å². The van der Waals surface area contributed by atoms with Crippen molar-refractivity contribution >= 4 is 32.9 Å². The summed E-state index contributed by atoms with van der Waals surface area (Å²) in [6.07, 6.45) is 1.99. The van der Waals surface area contributed by atoms with Gasteiger partial charge in [-0.05, 0) is 0 Å². The molecule has 0 fully saturated rings. The quantitative estimate of drug-likeness (QED) is 0.616. The van der Waals surface area contributed by atoms with Crippen molar-refractivity contribution in [2.75, 3.05) is 0 Å². The molecule has 0 saturated heterocycles. The minimum atomic E-state index is -1.69. The molecule has 1 aromatic rings. The van der Waals surface area contributed by atoms with Gasteiger partial charge in [-0.3, -0.25) is 0 Å². The molecule has 0 saturated carbocycles. The summed E-state index contributed by atoms with van der Waals surface area (Å²) in [5, 5.41) is 0.402. The average molecular weight is 297 g/mol. The monoisotopic (exact) mass is 298 g/mol. The second kappa shape index (κ2) is 5.62. The van der Waals surface area contributed by atoms with Gasteiger partial charge in [0.05, 0.1) is 0 Å². The molecule has 0 atom stereocenters. The van der Waals surface area contributed by atoms with E-state index >= 15 is 0 Å². The number of hydrogen-bond acceptors (Lipinski definition) is 1. The molecule has 1 nitrogen and oxygen atoms in total. The fourth-order valence-electron chi connectivity index (χ4n) is 1.22. The Kier molecular flexibility index (Phi) is 4.72. The first kappa shape index (κ1) is 13.4. The van der Waals surface area contributed by atoms with E-state index in [1.54, 1.807) is 0 Å². The number of benzene rings is 1. The summed E-state index contributed by atoms with van der Waals surface area (Å²) in [4.78, 5) is 12.2. The zero-order valence-corrected chi connectivity index (χ0v) is 13.0. The Morgan fingerprint density at radius 2 is 1.75 bits per heavy atom. The van der Waals surface area contributed by atoms with Crippen molar-refractivity contribution in [3.8, 4) is 0 Å². The molecule has 0 unspecified atom stereocenters. The van der Waals surface area contributed by atoms with Crippen molar-refractivity contribution in [3.05, 3.63) is 40.9 Å². The van der Waals surface area contributed by atoms with Gasteiger partial charge in [-0.15, -0.1) is 0 Å². The molecule has 0 heterocycles. The summed E-state index contributed by atoms with van der Waals surface area (Å²) in [7, 11) is -1.69. The Morgan fingerprint density at radius 3 is 2.19 bits per heavy atom. The summed E-state index contributed by atoms with van der Waals surface area (Å²) >= 11 is 0.160. The molecule has 1 rings (SSSR count). The number of allylic oxidation sites excluding steroid dienone is 2. The predicted octanol–water partition coefficient (Wildman–Crippen LogP) is 2.37. The van der Waals surface area contributed by atoms with Gasteiger partial charge in [-0.2, -0.15) is 0 Å². The van der Waals surface area contributed by atoms with E-state index in [2.05, 4.69) is 31.8 Å². The van der Waals surface area contributed by atoms with Crippen LogP contribution in [-0.4, -0.2) is 28.4 Å². The Labute approximate surface area is 105 Å².